The Morgan fingerprint density at radius 2 is 0.979 bits per heavy atom. The average Bonchev–Trinajstić information content (AvgIpc) is 3.14. The summed E-state index contributed by atoms with van der Waals surface area (Å²) in [5, 5.41) is 9.86. The molecule has 5 heteroatoms. The largest absolute Gasteiger partial charge is 0.246 e. The van der Waals surface area contributed by atoms with Gasteiger partial charge in [-0.2, -0.15) is 0 Å². The van der Waals surface area contributed by atoms with Gasteiger partial charge in [0.05, 0.1) is 21.8 Å². The predicted molar refractivity (Wildman–Crippen MR) is 192 cm³/mol. The number of pyridine rings is 2. The summed E-state index contributed by atoms with van der Waals surface area (Å²) in [6.07, 6.45) is 0. The monoisotopic (exact) mass is 622 g/mol. The smallest absolute Gasteiger partial charge is 0.223 e. The Morgan fingerprint density at radius 1 is 0.426 bits per heavy atom. The van der Waals surface area contributed by atoms with Gasteiger partial charge in [-0.05, 0) is 57.3 Å². The first-order valence-corrected chi connectivity index (χ1v) is 17.0. The first-order valence-electron chi connectivity index (χ1n) is 15.5. The second-order valence-corrected chi connectivity index (χ2v) is 13.6. The van der Waals surface area contributed by atoms with Crippen molar-refractivity contribution in [2.45, 2.75) is 9.92 Å². The number of nitrogens with zero attached hydrogens (tertiary/aromatic N) is 2. The van der Waals surface area contributed by atoms with Crippen molar-refractivity contribution >= 4 is 63.8 Å². The second-order valence-electron chi connectivity index (χ2n) is 11.7. The molecule has 4 nitrogen and oxygen atoms in total. The first kappa shape index (κ1) is 27.4. The summed E-state index contributed by atoms with van der Waals surface area (Å²) in [5.41, 5.74) is 4.27. The molecule has 2 aromatic heterocycles. The van der Waals surface area contributed by atoms with E-state index < -0.39 is 9.84 Å². The molecule has 0 amide bonds. The fourth-order valence-electron chi connectivity index (χ4n) is 6.96. The van der Waals surface area contributed by atoms with Crippen LogP contribution >= 0.6 is 0 Å². The summed E-state index contributed by atoms with van der Waals surface area (Å²) >= 11 is 0. The Bertz CT molecular complexity index is 2800. The molecule has 0 radical (unpaired) electrons. The fraction of sp³-hybridized carbons (Fsp3) is 0. The fourth-order valence-corrected chi connectivity index (χ4v) is 8.19. The number of hydrogen-bond donors (Lipinski definition) is 0. The van der Waals surface area contributed by atoms with Crippen LogP contribution in [0.25, 0.3) is 76.5 Å². The molecule has 222 valence electrons. The van der Waals surface area contributed by atoms with E-state index in [1.54, 1.807) is 42.5 Å². The average molecular weight is 623 g/mol. The lowest BCUT2D eigenvalue weighted by molar-refractivity contribution is 0.592. The van der Waals surface area contributed by atoms with Gasteiger partial charge in [-0.25, -0.2) is 18.4 Å². The minimum atomic E-state index is -3.81. The van der Waals surface area contributed by atoms with Gasteiger partial charge in [0, 0.05) is 32.7 Å². The van der Waals surface area contributed by atoms with E-state index >= 15 is 0 Å². The third-order valence-corrected chi connectivity index (χ3v) is 10.7. The van der Waals surface area contributed by atoms with Gasteiger partial charge in [-0.15, -0.1) is 0 Å². The molecule has 0 saturated heterocycles. The lowest BCUT2D eigenvalue weighted by atomic mass is 9.88. The Labute approximate surface area is 271 Å². The molecule has 7 aromatic carbocycles. The molecule has 0 aliphatic carbocycles. The Morgan fingerprint density at radius 3 is 1.68 bits per heavy atom. The summed E-state index contributed by atoms with van der Waals surface area (Å²) in [5.74, 6) is 0. The SMILES string of the molecule is O=S(=O)(c1ccccc1)c1cccc(-c2cc3c(-c4ccccc4)nc4c5ccccc5c5ccccc5c4c3c3ccccc23)n1. The van der Waals surface area contributed by atoms with Crippen LogP contribution in [0.2, 0.25) is 0 Å². The predicted octanol–water partition coefficient (Wildman–Crippen LogP) is 10.4. The van der Waals surface area contributed by atoms with Gasteiger partial charge < -0.3 is 0 Å². The van der Waals surface area contributed by atoms with E-state index in [1.807, 2.05) is 30.3 Å². The summed E-state index contributed by atoms with van der Waals surface area (Å²) in [7, 11) is -3.81. The number of sulfone groups is 1. The zero-order valence-corrected chi connectivity index (χ0v) is 25.9. The lowest BCUT2D eigenvalue weighted by Crippen LogP contribution is -2.05. The molecule has 0 atom stereocenters. The van der Waals surface area contributed by atoms with Gasteiger partial charge in [-0.3, -0.25) is 0 Å². The number of aromatic nitrogens is 2. The van der Waals surface area contributed by atoms with E-state index in [0.29, 0.717) is 5.69 Å². The Balaban J connectivity index is 1.45. The lowest BCUT2D eigenvalue weighted by Gasteiger charge is -2.18. The molecule has 2 heterocycles. The molecule has 0 spiro atoms. The molecular weight excluding hydrogens is 597 g/mol. The van der Waals surface area contributed by atoms with E-state index in [0.717, 1.165) is 60.0 Å². The highest BCUT2D eigenvalue weighted by Gasteiger charge is 2.23. The van der Waals surface area contributed by atoms with E-state index in [-0.39, 0.29) is 9.92 Å². The highest BCUT2D eigenvalue weighted by Crippen LogP contribution is 2.45. The zero-order valence-electron chi connectivity index (χ0n) is 25.1. The molecule has 0 fully saturated rings. The van der Waals surface area contributed by atoms with Crippen molar-refractivity contribution in [3.63, 3.8) is 0 Å². The van der Waals surface area contributed by atoms with Crippen molar-refractivity contribution in [2.75, 3.05) is 0 Å². The normalized spacial score (nSPS) is 12.0. The maximum atomic E-state index is 13.6. The van der Waals surface area contributed by atoms with Crippen LogP contribution in [-0.4, -0.2) is 18.4 Å². The summed E-state index contributed by atoms with van der Waals surface area (Å²) in [6.45, 7) is 0. The van der Waals surface area contributed by atoms with Crippen LogP contribution in [0, 0.1) is 0 Å². The van der Waals surface area contributed by atoms with Gasteiger partial charge in [0.15, 0.2) is 5.03 Å². The number of rotatable bonds is 4. The first-order chi connectivity index (χ1) is 23.1. The van der Waals surface area contributed by atoms with Crippen molar-refractivity contribution in [3.05, 3.63) is 158 Å². The number of hydrogen-bond acceptors (Lipinski definition) is 4. The van der Waals surface area contributed by atoms with Gasteiger partial charge in [0.1, 0.15) is 0 Å². The molecule has 0 aliphatic heterocycles. The quantitative estimate of drug-likeness (QED) is 0.183. The number of benzene rings is 7. The van der Waals surface area contributed by atoms with Crippen LogP contribution < -0.4 is 0 Å². The standard InChI is InChI=1S/C42H26N2O2S/c45-47(46,28-16-5-2-6-17-28)38-25-13-24-37(43-38)35-26-36-39(32-21-10-8-20-31(32)35)40-33-22-11-7-18-29(33)30-19-9-12-23-34(30)42(40)44-41(36)27-14-3-1-4-15-27/h1-26H. The molecule has 9 aromatic rings. The molecular formula is C42H26N2O2S. The van der Waals surface area contributed by atoms with Gasteiger partial charge in [0.25, 0.3) is 0 Å². The minimum Gasteiger partial charge on any atom is -0.246 e. The van der Waals surface area contributed by atoms with Gasteiger partial charge >= 0.3 is 0 Å². The van der Waals surface area contributed by atoms with E-state index in [4.69, 9.17) is 9.97 Å². The summed E-state index contributed by atoms with van der Waals surface area (Å²) in [4.78, 5) is 10.5. The van der Waals surface area contributed by atoms with Gasteiger partial charge in [-0.1, -0.05) is 127 Å². The molecule has 0 bridgehead atoms. The van der Waals surface area contributed by atoms with Crippen LogP contribution in [0.4, 0.5) is 0 Å². The molecule has 47 heavy (non-hydrogen) atoms. The molecule has 0 N–H and O–H groups in total. The topological polar surface area (TPSA) is 59.9 Å². The number of fused-ring (bicyclic) bond motifs is 10. The highest BCUT2D eigenvalue weighted by atomic mass is 32.2. The maximum Gasteiger partial charge on any atom is 0.223 e. The second kappa shape index (κ2) is 10.6. The zero-order chi connectivity index (χ0) is 31.5. The molecule has 9 rings (SSSR count). The third-order valence-electron chi connectivity index (χ3n) is 9.05. The van der Waals surface area contributed by atoms with Crippen molar-refractivity contribution in [3.8, 4) is 22.5 Å². The van der Waals surface area contributed by atoms with Crippen LogP contribution in [-0.2, 0) is 9.84 Å². The summed E-state index contributed by atoms with van der Waals surface area (Å²) < 4.78 is 27.3. The molecule has 0 unspecified atom stereocenters. The van der Waals surface area contributed by atoms with Crippen molar-refractivity contribution in [1.29, 1.82) is 0 Å². The van der Waals surface area contributed by atoms with E-state index in [2.05, 4.69) is 84.9 Å². The Kier molecular flexibility index (Phi) is 6.17. The van der Waals surface area contributed by atoms with Gasteiger partial charge in [0.2, 0.25) is 9.84 Å². The van der Waals surface area contributed by atoms with Crippen molar-refractivity contribution in [2.24, 2.45) is 0 Å². The third kappa shape index (κ3) is 4.24. The maximum absolute atomic E-state index is 13.6. The molecule has 0 saturated carbocycles. The van der Waals surface area contributed by atoms with Crippen molar-refractivity contribution < 1.29 is 8.42 Å². The van der Waals surface area contributed by atoms with Crippen LogP contribution in [0.5, 0.6) is 0 Å². The van der Waals surface area contributed by atoms with Crippen LogP contribution in [0.3, 0.4) is 0 Å². The van der Waals surface area contributed by atoms with E-state index in [1.165, 1.54) is 10.8 Å². The minimum absolute atomic E-state index is 0.0164. The Hall–Kier alpha value is -5.91. The molecule has 0 aliphatic rings. The highest BCUT2D eigenvalue weighted by molar-refractivity contribution is 7.91. The van der Waals surface area contributed by atoms with Crippen molar-refractivity contribution in [1.82, 2.24) is 9.97 Å². The van der Waals surface area contributed by atoms with Crippen LogP contribution in [0.15, 0.2) is 168 Å². The summed E-state index contributed by atoms with van der Waals surface area (Å²) in [6, 6.07) is 51.5. The van der Waals surface area contributed by atoms with E-state index in [9.17, 15) is 8.42 Å². The van der Waals surface area contributed by atoms with Crippen LogP contribution in [0.1, 0.15) is 0 Å².